The molecule has 2 aromatic rings. The number of benzene rings is 2. The summed E-state index contributed by atoms with van der Waals surface area (Å²) < 4.78 is 38.8. The second kappa shape index (κ2) is 10.0. The molecule has 0 radical (unpaired) electrons. The second-order valence-electron chi connectivity index (χ2n) is 8.71. The lowest BCUT2D eigenvalue weighted by atomic mass is 9.95. The van der Waals surface area contributed by atoms with Crippen LogP contribution in [0.15, 0.2) is 47.4 Å². The van der Waals surface area contributed by atoms with Gasteiger partial charge in [0.25, 0.3) is 15.9 Å². The van der Waals surface area contributed by atoms with Crippen molar-refractivity contribution in [3.63, 3.8) is 0 Å². The van der Waals surface area contributed by atoms with Gasteiger partial charge in [-0.1, -0.05) is 37.5 Å². The van der Waals surface area contributed by atoms with Gasteiger partial charge < -0.3 is 14.8 Å². The van der Waals surface area contributed by atoms with Gasteiger partial charge in [-0.3, -0.25) is 9.10 Å². The van der Waals surface area contributed by atoms with E-state index in [1.165, 1.54) is 43.0 Å². The summed E-state index contributed by atoms with van der Waals surface area (Å²) in [6, 6.07) is 11.5. The normalized spacial score (nSPS) is 17.1. The van der Waals surface area contributed by atoms with Crippen molar-refractivity contribution in [3.8, 4) is 5.75 Å². The maximum absolute atomic E-state index is 13.4. The lowest BCUT2D eigenvalue weighted by Gasteiger charge is -2.24. The van der Waals surface area contributed by atoms with Crippen LogP contribution in [-0.4, -0.2) is 46.1 Å². The number of hydrogen-bond donors (Lipinski definition) is 1. The Hall–Kier alpha value is -3.07. The van der Waals surface area contributed by atoms with E-state index in [2.05, 4.69) is 5.32 Å². The molecule has 1 amide bonds. The number of methoxy groups -OCH3 is 1. The molecule has 34 heavy (non-hydrogen) atoms. The maximum Gasteiger partial charge on any atom is 0.342 e. The van der Waals surface area contributed by atoms with Crippen molar-refractivity contribution in [2.45, 2.75) is 62.5 Å². The van der Waals surface area contributed by atoms with Crippen molar-refractivity contribution in [1.82, 2.24) is 5.32 Å². The van der Waals surface area contributed by atoms with Crippen LogP contribution in [0, 0.1) is 0 Å². The molecule has 1 atom stereocenters. The number of carbonyl (C=O) groups is 2. The van der Waals surface area contributed by atoms with Crippen molar-refractivity contribution >= 4 is 27.6 Å². The molecular weight excluding hydrogens is 456 g/mol. The molecule has 1 N–H and O–H groups in total. The van der Waals surface area contributed by atoms with Crippen LogP contribution >= 0.6 is 0 Å². The summed E-state index contributed by atoms with van der Waals surface area (Å²) in [6.07, 6.45) is 4.73. The first-order chi connectivity index (χ1) is 16.3. The molecule has 1 unspecified atom stereocenters. The number of nitrogens with zero attached hydrogens (tertiary/aromatic N) is 1. The molecule has 1 aliphatic carbocycles. The Balaban J connectivity index is 1.53. The predicted octanol–water partition coefficient (Wildman–Crippen LogP) is 3.44. The molecule has 1 saturated carbocycles. The average Bonchev–Trinajstić information content (AvgIpc) is 3.29. The number of esters is 1. The maximum atomic E-state index is 13.4. The molecule has 0 aromatic heterocycles. The lowest BCUT2D eigenvalue weighted by Crippen LogP contribution is -2.42. The number of anilines is 1. The Bertz CT molecular complexity index is 1170. The van der Waals surface area contributed by atoms with Gasteiger partial charge in [-0.25, -0.2) is 13.2 Å². The molecule has 1 heterocycles. The minimum atomic E-state index is -3.91. The number of ether oxygens (including phenoxy) is 2. The molecule has 4 rings (SSSR count). The Labute approximate surface area is 200 Å². The molecule has 0 bridgehead atoms. The first-order valence-electron chi connectivity index (χ1n) is 11.6. The fourth-order valence-corrected chi connectivity index (χ4v) is 6.06. The third-order valence-electron chi connectivity index (χ3n) is 6.43. The Morgan fingerprint density at radius 3 is 2.56 bits per heavy atom. The quantitative estimate of drug-likeness (QED) is 0.602. The van der Waals surface area contributed by atoms with Crippen molar-refractivity contribution < 1.29 is 27.5 Å². The van der Waals surface area contributed by atoms with Crippen molar-refractivity contribution in [2.75, 3.05) is 18.0 Å². The van der Waals surface area contributed by atoms with E-state index in [4.69, 9.17) is 9.47 Å². The smallest absolute Gasteiger partial charge is 0.342 e. The number of para-hydroxylation sites is 1. The lowest BCUT2D eigenvalue weighted by molar-refractivity contribution is -0.130. The highest BCUT2D eigenvalue weighted by Gasteiger charge is 2.32. The summed E-state index contributed by atoms with van der Waals surface area (Å²) in [5.41, 5.74) is 1.54. The summed E-state index contributed by atoms with van der Waals surface area (Å²) >= 11 is 0. The minimum Gasteiger partial charge on any atom is -0.496 e. The molecule has 2 aliphatic rings. The Morgan fingerprint density at radius 1 is 1.09 bits per heavy atom. The van der Waals surface area contributed by atoms with Gasteiger partial charge in [0.1, 0.15) is 11.3 Å². The number of hydrogen-bond acceptors (Lipinski definition) is 6. The van der Waals surface area contributed by atoms with Gasteiger partial charge in [0.05, 0.1) is 17.7 Å². The zero-order valence-corrected chi connectivity index (χ0v) is 20.3. The predicted molar refractivity (Wildman–Crippen MR) is 128 cm³/mol. The fourth-order valence-electron chi connectivity index (χ4n) is 4.53. The number of sulfonamides is 1. The van der Waals surface area contributed by atoms with Gasteiger partial charge in [-0.2, -0.15) is 0 Å². The number of fused-ring (bicyclic) bond motifs is 1. The standard InChI is InChI=1S/C25H30N2O6S/c1-17(24(28)26-19-9-4-3-5-10-19)33-25(29)21-16-20(12-13-23(21)32-2)34(30,31)27-15-14-18-8-6-7-11-22(18)27/h6-8,11-13,16-17,19H,3-5,9-10,14-15H2,1-2H3,(H,26,28). The van der Waals surface area contributed by atoms with Crippen LogP contribution in [0.1, 0.15) is 54.9 Å². The average molecular weight is 487 g/mol. The summed E-state index contributed by atoms with van der Waals surface area (Å²) in [5.74, 6) is -1.01. The number of amides is 1. The fraction of sp³-hybridized carbons (Fsp3) is 0.440. The summed E-state index contributed by atoms with van der Waals surface area (Å²) in [7, 11) is -2.52. The largest absolute Gasteiger partial charge is 0.496 e. The SMILES string of the molecule is COc1ccc(S(=O)(=O)N2CCc3ccccc32)cc1C(=O)OC(C)C(=O)NC1CCCCC1. The number of nitrogens with one attached hydrogen (secondary N) is 1. The van der Waals surface area contributed by atoms with E-state index in [9.17, 15) is 18.0 Å². The van der Waals surface area contributed by atoms with E-state index in [0.717, 1.165) is 31.2 Å². The molecule has 8 nitrogen and oxygen atoms in total. The minimum absolute atomic E-state index is 0.0451. The zero-order valence-electron chi connectivity index (χ0n) is 19.5. The van der Waals surface area contributed by atoms with Crippen LogP contribution < -0.4 is 14.4 Å². The Kier molecular flexibility index (Phi) is 7.11. The van der Waals surface area contributed by atoms with Gasteiger partial charge in [-0.15, -0.1) is 0 Å². The molecule has 0 spiro atoms. The van der Waals surface area contributed by atoms with Crippen LogP contribution in [0.5, 0.6) is 5.75 Å². The Morgan fingerprint density at radius 2 is 1.82 bits per heavy atom. The van der Waals surface area contributed by atoms with Crippen LogP contribution in [0.2, 0.25) is 0 Å². The van der Waals surface area contributed by atoms with E-state index in [1.54, 1.807) is 12.1 Å². The van der Waals surface area contributed by atoms with Crippen molar-refractivity contribution in [3.05, 3.63) is 53.6 Å². The molecule has 0 saturated heterocycles. The summed E-state index contributed by atoms with van der Waals surface area (Å²) in [5, 5.41) is 2.94. The van der Waals surface area contributed by atoms with E-state index < -0.39 is 22.1 Å². The first kappa shape index (κ1) is 24.1. The highest BCUT2D eigenvalue weighted by molar-refractivity contribution is 7.92. The summed E-state index contributed by atoms with van der Waals surface area (Å²) in [6.45, 7) is 1.83. The van der Waals surface area contributed by atoms with Gasteiger partial charge in [-0.05, 0) is 56.0 Å². The molecule has 182 valence electrons. The first-order valence-corrected chi connectivity index (χ1v) is 13.1. The van der Waals surface area contributed by atoms with E-state index in [1.807, 2.05) is 12.1 Å². The molecule has 1 aliphatic heterocycles. The highest BCUT2D eigenvalue weighted by Crippen LogP contribution is 2.34. The third-order valence-corrected chi connectivity index (χ3v) is 8.24. The molecule has 1 fully saturated rings. The number of carbonyl (C=O) groups excluding carboxylic acids is 2. The number of rotatable bonds is 7. The van der Waals surface area contributed by atoms with Crippen LogP contribution in [0.25, 0.3) is 0 Å². The highest BCUT2D eigenvalue weighted by atomic mass is 32.2. The van der Waals surface area contributed by atoms with Gasteiger partial charge in [0.2, 0.25) is 0 Å². The van der Waals surface area contributed by atoms with Gasteiger partial charge in [0.15, 0.2) is 6.10 Å². The van der Waals surface area contributed by atoms with Crippen molar-refractivity contribution in [1.29, 1.82) is 0 Å². The van der Waals surface area contributed by atoms with E-state index >= 15 is 0 Å². The van der Waals surface area contributed by atoms with Crippen LogP contribution in [0.4, 0.5) is 5.69 Å². The molecule has 2 aromatic carbocycles. The van der Waals surface area contributed by atoms with Crippen molar-refractivity contribution in [2.24, 2.45) is 0 Å². The van der Waals surface area contributed by atoms with Gasteiger partial charge in [0, 0.05) is 12.6 Å². The third kappa shape index (κ3) is 4.89. The molecular formula is C25H30N2O6S. The molecule has 9 heteroatoms. The second-order valence-corrected chi connectivity index (χ2v) is 10.6. The zero-order chi connectivity index (χ0) is 24.3. The van der Waals surface area contributed by atoms with Gasteiger partial charge >= 0.3 is 5.97 Å². The topological polar surface area (TPSA) is 102 Å². The van der Waals surface area contributed by atoms with Crippen LogP contribution in [0.3, 0.4) is 0 Å². The van der Waals surface area contributed by atoms with Crippen LogP contribution in [-0.2, 0) is 26.0 Å². The summed E-state index contributed by atoms with van der Waals surface area (Å²) in [4.78, 5) is 25.4. The van der Waals surface area contributed by atoms with E-state index in [0.29, 0.717) is 18.7 Å². The van der Waals surface area contributed by atoms with E-state index in [-0.39, 0.29) is 28.2 Å². The monoisotopic (exact) mass is 486 g/mol.